The van der Waals surface area contributed by atoms with Crippen molar-refractivity contribution < 1.29 is 14.8 Å². The zero-order valence-electron chi connectivity index (χ0n) is 12.7. The second kappa shape index (κ2) is 5.89. The van der Waals surface area contributed by atoms with E-state index in [-0.39, 0.29) is 11.8 Å². The molecular formula is C15H22N2O4. The molecule has 1 N–H and O–H groups in total. The minimum Gasteiger partial charge on any atom is -0.491 e. The molecule has 6 heteroatoms. The normalized spacial score (nSPS) is 17.9. The smallest absolute Gasteiger partial charge is 0.275 e. The average Bonchev–Trinajstić information content (AvgIpc) is 2.37. The maximum atomic E-state index is 11.1. The fourth-order valence-corrected chi connectivity index (χ4v) is 2.44. The van der Waals surface area contributed by atoms with E-state index in [1.807, 2.05) is 26.8 Å². The first-order valence-electron chi connectivity index (χ1n) is 7.20. The maximum Gasteiger partial charge on any atom is 0.275 e. The van der Waals surface area contributed by atoms with Gasteiger partial charge in [0.25, 0.3) is 5.69 Å². The van der Waals surface area contributed by atoms with Crippen LogP contribution in [0.4, 0.5) is 11.4 Å². The second-order valence-corrected chi connectivity index (χ2v) is 6.09. The molecule has 1 aromatic carbocycles. The van der Waals surface area contributed by atoms with Crippen molar-refractivity contribution in [1.29, 1.82) is 0 Å². The number of anilines is 1. The van der Waals surface area contributed by atoms with Crippen LogP contribution in [0.5, 0.6) is 5.75 Å². The molecule has 1 heterocycles. The van der Waals surface area contributed by atoms with Crippen LogP contribution in [0.25, 0.3) is 0 Å². The summed E-state index contributed by atoms with van der Waals surface area (Å²) in [4.78, 5) is 12.7. The highest BCUT2D eigenvalue weighted by Gasteiger charge is 2.28. The molecule has 1 aromatic rings. The molecule has 0 unspecified atom stereocenters. The molecule has 1 aliphatic heterocycles. The number of hydrogen-bond acceptors (Lipinski definition) is 5. The number of non-ortho nitro benzene ring substituents is 1. The topological polar surface area (TPSA) is 75.8 Å². The molecule has 0 bridgehead atoms. The van der Waals surface area contributed by atoms with Gasteiger partial charge in [0.15, 0.2) is 0 Å². The van der Waals surface area contributed by atoms with Crippen molar-refractivity contribution in [2.45, 2.75) is 45.3 Å². The Kier molecular flexibility index (Phi) is 4.37. The first kappa shape index (κ1) is 15.6. The third-order valence-electron chi connectivity index (χ3n) is 3.66. The Morgan fingerprint density at radius 3 is 2.48 bits per heavy atom. The second-order valence-electron chi connectivity index (χ2n) is 6.09. The molecule has 2 rings (SSSR count). The molecule has 6 nitrogen and oxygen atoms in total. The van der Waals surface area contributed by atoms with Crippen LogP contribution in [-0.4, -0.2) is 34.8 Å². The molecule has 1 fully saturated rings. The molecular weight excluding hydrogens is 272 g/mol. The van der Waals surface area contributed by atoms with Crippen molar-refractivity contribution in [3.05, 3.63) is 28.3 Å². The summed E-state index contributed by atoms with van der Waals surface area (Å²) in [7, 11) is 0. The average molecular weight is 294 g/mol. The number of piperidine rings is 1. The Morgan fingerprint density at radius 1 is 1.33 bits per heavy atom. The molecule has 0 saturated carbocycles. The number of nitro benzene ring substituents is 1. The van der Waals surface area contributed by atoms with E-state index in [1.165, 1.54) is 6.07 Å². The van der Waals surface area contributed by atoms with Gasteiger partial charge >= 0.3 is 0 Å². The van der Waals surface area contributed by atoms with Gasteiger partial charge in [-0.1, -0.05) is 0 Å². The van der Waals surface area contributed by atoms with E-state index in [4.69, 9.17) is 4.74 Å². The van der Waals surface area contributed by atoms with Crippen molar-refractivity contribution in [2.24, 2.45) is 0 Å². The number of ether oxygens (including phenoxy) is 1. The van der Waals surface area contributed by atoms with Gasteiger partial charge in [-0.25, -0.2) is 0 Å². The van der Waals surface area contributed by atoms with E-state index in [0.29, 0.717) is 31.7 Å². The fourth-order valence-electron chi connectivity index (χ4n) is 2.44. The molecule has 0 radical (unpaired) electrons. The number of nitro groups is 1. The summed E-state index contributed by atoms with van der Waals surface area (Å²) in [5, 5.41) is 21.1. The number of benzene rings is 1. The summed E-state index contributed by atoms with van der Waals surface area (Å²) < 4.78 is 5.60. The molecule has 21 heavy (non-hydrogen) atoms. The highest BCUT2D eigenvalue weighted by Crippen LogP contribution is 2.32. The highest BCUT2D eigenvalue weighted by molar-refractivity contribution is 5.58. The van der Waals surface area contributed by atoms with Crippen molar-refractivity contribution in [3.8, 4) is 5.75 Å². The molecule has 116 valence electrons. The van der Waals surface area contributed by atoms with Crippen LogP contribution in [0.1, 0.15) is 33.6 Å². The number of rotatable bonds is 4. The van der Waals surface area contributed by atoms with Gasteiger partial charge in [0.05, 0.1) is 22.7 Å². The number of hydrogen-bond donors (Lipinski definition) is 1. The predicted octanol–water partition coefficient (Wildman–Crippen LogP) is 2.73. The Bertz CT molecular complexity index is 518. The van der Waals surface area contributed by atoms with Crippen LogP contribution in [0, 0.1) is 10.1 Å². The summed E-state index contributed by atoms with van der Waals surface area (Å²) in [6.45, 7) is 6.95. The summed E-state index contributed by atoms with van der Waals surface area (Å²) in [5.74, 6) is 0.506. The summed E-state index contributed by atoms with van der Waals surface area (Å²) in [6, 6.07) is 4.84. The van der Waals surface area contributed by atoms with E-state index >= 15 is 0 Å². The minimum absolute atomic E-state index is 0.0282. The highest BCUT2D eigenvalue weighted by atomic mass is 16.6. The van der Waals surface area contributed by atoms with Crippen molar-refractivity contribution >= 4 is 11.4 Å². The van der Waals surface area contributed by atoms with Gasteiger partial charge < -0.3 is 14.7 Å². The van der Waals surface area contributed by atoms with Gasteiger partial charge in [0.2, 0.25) is 0 Å². The monoisotopic (exact) mass is 294 g/mol. The first-order valence-corrected chi connectivity index (χ1v) is 7.20. The lowest BCUT2D eigenvalue weighted by Crippen LogP contribution is -2.42. The summed E-state index contributed by atoms with van der Waals surface area (Å²) in [6.07, 6.45) is 1.26. The Balaban J connectivity index is 2.26. The van der Waals surface area contributed by atoms with E-state index in [0.717, 1.165) is 5.69 Å². The van der Waals surface area contributed by atoms with Crippen LogP contribution < -0.4 is 9.64 Å². The number of aliphatic hydroxyl groups is 1. The van der Waals surface area contributed by atoms with Crippen molar-refractivity contribution in [3.63, 3.8) is 0 Å². The van der Waals surface area contributed by atoms with Gasteiger partial charge in [0.1, 0.15) is 5.75 Å². The van der Waals surface area contributed by atoms with Crippen LogP contribution in [-0.2, 0) is 0 Å². The number of nitrogens with zero attached hydrogens (tertiary/aromatic N) is 2. The molecule has 0 amide bonds. The van der Waals surface area contributed by atoms with E-state index in [9.17, 15) is 15.2 Å². The Hall–Kier alpha value is -1.82. The third kappa shape index (κ3) is 4.07. The SMILES string of the molecule is CC(C)Oc1cc(N2CCC(C)(O)CC2)cc([N+](=O)[O-])c1. The summed E-state index contributed by atoms with van der Waals surface area (Å²) in [5.41, 5.74) is 0.157. The summed E-state index contributed by atoms with van der Waals surface area (Å²) >= 11 is 0. The van der Waals surface area contributed by atoms with E-state index in [2.05, 4.69) is 4.90 Å². The standard InChI is InChI=1S/C15H22N2O4/c1-11(2)21-14-9-12(8-13(10-14)17(19)20)16-6-4-15(3,18)5-7-16/h8-11,18H,4-7H2,1-3H3. The first-order chi connectivity index (χ1) is 9.77. The molecule has 0 spiro atoms. The van der Waals surface area contributed by atoms with Crippen LogP contribution >= 0.6 is 0 Å². The van der Waals surface area contributed by atoms with Gasteiger partial charge in [-0.2, -0.15) is 0 Å². The molecule has 1 aliphatic rings. The van der Waals surface area contributed by atoms with Crippen LogP contribution in [0.2, 0.25) is 0 Å². The molecule has 0 atom stereocenters. The zero-order valence-corrected chi connectivity index (χ0v) is 12.7. The van der Waals surface area contributed by atoms with Crippen LogP contribution in [0.3, 0.4) is 0 Å². The maximum absolute atomic E-state index is 11.1. The Morgan fingerprint density at radius 2 is 1.95 bits per heavy atom. The fraction of sp³-hybridized carbons (Fsp3) is 0.600. The van der Waals surface area contributed by atoms with E-state index in [1.54, 1.807) is 6.07 Å². The van der Waals surface area contributed by atoms with Gasteiger partial charge in [-0.05, 0) is 33.6 Å². The lowest BCUT2D eigenvalue weighted by atomic mass is 9.93. The molecule has 0 aliphatic carbocycles. The van der Waals surface area contributed by atoms with Gasteiger partial charge in [0, 0.05) is 30.9 Å². The molecule has 1 saturated heterocycles. The van der Waals surface area contributed by atoms with Crippen LogP contribution in [0.15, 0.2) is 18.2 Å². The molecule has 0 aromatic heterocycles. The van der Waals surface area contributed by atoms with Crippen molar-refractivity contribution in [2.75, 3.05) is 18.0 Å². The Labute approximate surface area is 124 Å². The van der Waals surface area contributed by atoms with Gasteiger partial charge in [-0.15, -0.1) is 0 Å². The lowest BCUT2D eigenvalue weighted by molar-refractivity contribution is -0.384. The lowest BCUT2D eigenvalue weighted by Gasteiger charge is -2.37. The third-order valence-corrected chi connectivity index (χ3v) is 3.66. The van der Waals surface area contributed by atoms with E-state index < -0.39 is 10.5 Å². The largest absolute Gasteiger partial charge is 0.491 e. The van der Waals surface area contributed by atoms with Gasteiger partial charge in [-0.3, -0.25) is 10.1 Å². The quantitative estimate of drug-likeness (QED) is 0.682. The van der Waals surface area contributed by atoms with Crippen molar-refractivity contribution in [1.82, 2.24) is 0 Å². The zero-order chi connectivity index (χ0) is 15.6. The minimum atomic E-state index is -0.644. The predicted molar refractivity (Wildman–Crippen MR) is 80.9 cm³/mol.